The van der Waals surface area contributed by atoms with Gasteiger partial charge in [0, 0.05) is 26.2 Å². The standard InChI is InChI=1S/C25H23F3N6/c26-20-9-5-18(6-10-20)17-34-25(29-30-31-34)24(19-7-11-21(27)12-8-19)33-15-13-32(14-16-33)23-4-2-1-3-22(23)28/h1-12,24H,13-17H2/t24-/m0/s1. The van der Waals surface area contributed by atoms with Gasteiger partial charge in [0.25, 0.3) is 0 Å². The maximum atomic E-state index is 14.3. The van der Waals surface area contributed by atoms with Crippen molar-refractivity contribution < 1.29 is 13.2 Å². The second-order valence-corrected chi connectivity index (χ2v) is 8.25. The molecule has 34 heavy (non-hydrogen) atoms. The third-order valence-electron chi connectivity index (χ3n) is 6.11. The van der Waals surface area contributed by atoms with Gasteiger partial charge in [-0.2, -0.15) is 0 Å². The third-order valence-corrected chi connectivity index (χ3v) is 6.11. The van der Waals surface area contributed by atoms with Crippen molar-refractivity contribution in [1.29, 1.82) is 0 Å². The molecule has 0 spiro atoms. The molecule has 3 aromatic carbocycles. The molecule has 0 aliphatic carbocycles. The fraction of sp³-hybridized carbons (Fsp3) is 0.240. The lowest BCUT2D eigenvalue weighted by molar-refractivity contribution is 0.201. The summed E-state index contributed by atoms with van der Waals surface area (Å²) in [5.41, 5.74) is 2.30. The summed E-state index contributed by atoms with van der Waals surface area (Å²) in [6, 6.07) is 18.9. The first-order valence-electron chi connectivity index (χ1n) is 11.1. The lowest BCUT2D eigenvalue weighted by Gasteiger charge is -2.40. The van der Waals surface area contributed by atoms with Crippen molar-refractivity contribution in [3.8, 4) is 0 Å². The molecular formula is C25H23F3N6. The molecule has 0 radical (unpaired) electrons. The van der Waals surface area contributed by atoms with Crippen LogP contribution in [-0.2, 0) is 6.54 Å². The van der Waals surface area contributed by atoms with E-state index in [9.17, 15) is 13.2 Å². The minimum absolute atomic E-state index is 0.241. The third kappa shape index (κ3) is 4.65. The number of piperazine rings is 1. The quantitative estimate of drug-likeness (QED) is 0.431. The average molecular weight is 464 g/mol. The highest BCUT2D eigenvalue weighted by Crippen LogP contribution is 2.30. The van der Waals surface area contributed by atoms with Crippen LogP contribution in [0.2, 0.25) is 0 Å². The van der Waals surface area contributed by atoms with Gasteiger partial charge < -0.3 is 4.90 Å². The summed E-state index contributed by atoms with van der Waals surface area (Å²) in [7, 11) is 0. The van der Waals surface area contributed by atoms with Crippen LogP contribution in [0.4, 0.5) is 18.9 Å². The smallest absolute Gasteiger partial charge is 0.173 e. The molecule has 0 amide bonds. The summed E-state index contributed by atoms with van der Waals surface area (Å²) in [6.07, 6.45) is 0. The van der Waals surface area contributed by atoms with Gasteiger partial charge in [-0.15, -0.1) is 5.10 Å². The first-order valence-corrected chi connectivity index (χ1v) is 11.1. The van der Waals surface area contributed by atoms with Crippen LogP contribution in [0.3, 0.4) is 0 Å². The molecule has 1 aromatic heterocycles. The SMILES string of the molecule is Fc1ccc(Cn2nnnc2[C@H](c2ccc(F)cc2)N2CCN(c3ccccc3F)CC2)cc1. The summed E-state index contributed by atoms with van der Waals surface area (Å²) in [5, 5.41) is 12.4. The van der Waals surface area contributed by atoms with Crippen LogP contribution in [0.25, 0.3) is 0 Å². The zero-order valence-corrected chi connectivity index (χ0v) is 18.4. The van der Waals surface area contributed by atoms with Gasteiger partial charge in [-0.05, 0) is 58.0 Å². The first kappa shape index (κ1) is 22.1. The number of hydrogen-bond donors (Lipinski definition) is 0. The van der Waals surface area contributed by atoms with E-state index < -0.39 is 0 Å². The Hall–Kier alpha value is -3.72. The average Bonchev–Trinajstić information content (AvgIpc) is 3.30. The molecule has 1 fully saturated rings. The normalized spacial score (nSPS) is 15.4. The number of halogens is 3. The highest BCUT2D eigenvalue weighted by Gasteiger charge is 2.31. The van der Waals surface area contributed by atoms with Crippen LogP contribution in [-0.4, -0.2) is 51.3 Å². The van der Waals surface area contributed by atoms with Crippen LogP contribution in [0, 0.1) is 17.5 Å². The molecule has 9 heteroatoms. The second-order valence-electron chi connectivity index (χ2n) is 8.25. The van der Waals surface area contributed by atoms with Crippen molar-refractivity contribution >= 4 is 5.69 Å². The predicted octanol–water partition coefficient (Wildman–Crippen LogP) is 4.05. The summed E-state index contributed by atoms with van der Waals surface area (Å²) >= 11 is 0. The molecule has 2 heterocycles. The Morgan fingerprint density at radius 1 is 0.765 bits per heavy atom. The molecule has 1 aliphatic rings. The van der Waals surface area contributed by atoms with Gasteiger partial charge in [-0.1, -0.05) is 36.4 Å². The number of rotatable bonds is 6. The molecule has 174 valence electrons. The van der Waals surface area contributed by atoms with E-state index >= 15 is 0 Å². The van der Waals surface area contributed by atoms with Crippen molar-refractivity contribution in [1.82, 2.24) is 25.1 Å². The lowest BCUT2D eigenvalue weighted by Crippen LogP contribution is -2.48. The largest absolute Gasteiger partial charge is 0.367 e. The Morgan fingerprint density at radius 2 is 1.41 bits per heavy atom. The summed E-state index contributed by atoms with van der Waals surface area (Å²) in [6.45, 7) is 2.89. The highest BCUT2D eigenvalue weighted by atomic mass is 19.1. The zero-order chi connectivity index (χ0) is 23.5. The minimum atomic E-state index is -0.322. The highest BCUT2D eigenvalue weighted by molar-refractivity contribution is 5.48. The van der Waals surface area contributed by atoms with Crippen molar-refractivity contribution in [2.75, 3.05) is 31.1 Å². The Morgan fingerprint density at radius 3 is 2.09 bits per heavy atom. The van der Waals surface area contributed by atoms with Gasteiger partial charge in [-0.3, -0.25) is 4.90 Å². The van der Waals surface area contributed by atoms with E-state index in [1.165, 1.54) is 30.3 Å². The molecule has 0 N–H and O–H groups in total. The van der Waals surface area contributed by atoms with E-state index in [1.54, 1.807) is 41.1 Å². The van der Waals surface area contributed by atoms with E-state index in [0.29, 0.717) is 44.2 Å². The van der Waals surface area contributed by atoms with Crippen molar-refractivity contribution in [2.24, 2.45) is 0 Å². The fourth-order valence-corrected chi connectivity index (χ4v) is 4.38. The van der Waals surface area contributed by atoms with E-state index in [1.807, 2.05) is 11.0 Å². The second kappa shape index (κ2) is 9.64. The number of nitrogens with zero attached hydrogens (tertiary/aromatic N) is 6. The van der Waals surface area contributed by atoms with Crippen molar-refractivity contribution in [3.63, 3.8) is 0 Å². The Kier molecular flexibility index (Phi) is 6.27. The molecule has 1 saturated heterocycles. The van der Waals surface area contributed by atoms with Crippen LogP contribution in [0.1, 0.15) is 23.0 Å². The van der Waals surface area contributed by atoms with E-state index in [2.05, 4.69) is 20.4 Å². The molecule has 0 unspecified atom stereocenters. The fourth-order valence-electron chi connectivity index (χ4n) is 4.38. The molecular weight excluding hydrogens is 441 g/mol. The van der Waals surface area contributed by atoms with E-state index in [-0.39, 0.29) is 23.5 Å². The van der Waals surface area contributed by atoms with Crippen LogP contribution >= 0.6 is 0 Å². The molecule has 6 nitrogen and oxygen atoms in total. The number of para-hydroxylation sites is 1. The van der Waals surface area contributed by atoms with E-state index in [0.717, 1.165) is 11.1 Å². The summed E-state index contributed by atoms with van der Waals surface area (Å²) in [4.78, 5) is 4.24. The Bertz CT molecular complexity index is 1230. The molecule has 0 bridgehead atoms. The topological polar surface area (TPSA) is 50.1 Å². The van der Waals surface area contributed by atoms with Gasteiger partial charge in [-0.25, -0.2) is 17.9 Å². The molecule has 1 aliphatic heterocycles. The summed E-state index contributed by atoms with van der Waals surface area (Å²) < 4.78 is 43.0. The van der Waals surface area contributed by atoms with Crippen LogP contribution < -0.4 is 4.90 Å². The van der Waals surface area contributed by atoms with Crippen LogP contribution in [0.5, 0.6) is 0 Å². The maximum absolute atomic E-state index is 14.3. The minimum Gasteiger partial charge on any atom is -0.367 e. The number of benzene rings is 3. The lowest BCUT2D eigenvalue weighted by atomic mass is 10.0. The van der Waals surface area contributed by atoms with Gasteiger partial charge in [0.15, 0.2) is 5.82 Å². The number of anilines is 1. The zero-order valence-electron chi connectivity index (χ0n) is 18.4. The predicted molar refractivity (Wildman–Crippen MR) is 122 cm³/mol. The van der Waals surface area contributed by atoms with Crippen molar-refractivity contribution in [3.05, 3.63) is 107 Å². The van der Waals surface area contributed by atoms with Gasteiger partial charge in [0.05, 0.1) is 18.3 Å². The van der Waals surface area contributed by atoms with Gasteiger partial charge in [0.1, 0.15) is 17.5 Å². The van der Waals surface area contributed by atoms with E-state index in [4.69, 9.17) is 0 Å². The Balaban J connectivity index is 1.43. The molecule has 4 aromatic rings. The molecule has 0 saturated carbocycles. The first-order chi connectivity index (χ1) is 16.6. The molecule has 5 rings (SSSR count). The van der Waals surface area contributed by atoms with Crippen molar-refractivity contribution in [2.45, 2.75) is 12.6 Å². The van der Waals surface area contributed by atoms with Crippen LogP contribution in [0.15, 0.2) is 72.8 Å². The van der Waals surface area contributed by atoms with Gasteiger partial charge in [0.2, 0.25) is 0 Å². The molecule has 1 atom stereocenters. The number of aromatic nitrogens is 4. The summed E-state index contributed by atoms with van der Waals surface area (Å²) in [5.74, 6) is -0.264. The number of hydrogen-bond acceptors (Lipinski definition) is 5. The maximum Gasteiger partial charge on any atom is 0.173 e. The Labute approximate surface area is 195 Å². The van der Waals surface area contributed by atoms with Gasteiger partial charge >= 0.3 is 0 Å². The number of tetrazole rings is 1. The monoisotopic (exact) mass is 464 g/mol.